The van der Waals surface area contributed by atoms with Crippen LogP contribution in [0.4, 0.5) is 9.59 Å². The zero-order valence-electron chi connectivity index (χ0n) is 14.6. The van der Waals surface area contributed by atoms with Crippen molar-refractivity contribution in [3.05, 3.63) is 35.9 Å². The maximum absolute atomic E-state index is 12.0. The first-order chi connectivity index (χ1) is 10.5. The zero-order chi connectivity index (χ0) is 17.7. The highest BCUT2D eigenvalue weighted by Gasteiger charge is 2.24. The average Bonchev–Trinajstić information content (AvgIpc) is 2.34. The topological polar surface area (TPSA) is 76.7 Å². The lowest BCUT2D eigenvalue weighted by atomic mass is 10.1. The van der Waals surface area contributed by atoms with E-state index in [9.17, 15) is 9.59 Å². The third-order valence-electron chi connectivity index (χ3n) is 2.46. The van der Waals surface area contributed by atoms with E-state index in [-0.39, 0.29) is 0 Å². The van der Waals surface area contributed by atoms with Crippen molar-refractivity contribution in [1.29, 1.82) is 0 Å². The summed E-state index contributed by atoms with van der Waals surface area (Å²) in [5.41, 5.74) is -0.543. The summed E-state index contributed by atoms with van der Waals surface area (Å²) < 4.78 is 10.5. The molecule has 128 valence electrons. The van der Waals surface area contributed by atoms with E-state index >= 15 is 0 Å². The van der Waals surface area contributed by atoms with Gasteiger partial charge in [0.15, 0.2) is 0 Å². The molecule has 0 heterocycles. The molecule has 0 spiro atoms. The summed E-state index contributed by atoms with van der Waals surface area (Å²) in [6.45, 7) is 10.6. The van der Waals surface area contributed by atoms with Gasteiger partial charge in [-0.2, -0.15) is 0 Å². The summed E-state index contributed by atoms with van der Waals surface area (Å²) in [6, 6.07) is 9.06. The van der Waals surface area contributed by atoms with Gasteiger partial charge in [0.05, 0.1) is 0 Å². The van der Waals surface area contributed by atoms with Crippen LogP contribution in [0.25, 0.3) is 0 Å². The van der Waals surface area contributed by atoms with Crippen LogP contribution in [0.2, 0.25) is 0 Å². The van der Waals surface area contributed by atoms with Gasteiger partial charge in [-0.3, -0.25) is 10.6 Å². The number of hydrogen-bond donors (Lipinski definition) is 2. The number of amides is 2. The van der Waals surface area contributed by atoms with Gasteiger partial charge in [-0.15, -0.1) is 0 Å². The second kappa shape index (κ2) is 7.35. The molecular formula is C17H26N2O4. The SMILES string of the molecule is CC(C)(C)OC(=O)NC(NC(=O)OC(C)(C)C)c1ccccc1. The second-order valence-electron chi connectivity index (χ2n) is 7.14. The van der Waals surface area contributed by atoms with Gasteiger partial charge in [0, 0.05) is 0 Å². The number of benzene rings is 1. The minimum absolute atomic E-state index is 0.623. The molecule has 0 radical (unpaired) electrons. The van der Waals surface area contributed by atoms with Crippen LogP contribution in [0.3, 0.4) is 0 Å². The van der Waals surface area contributed by atoms with Crippen LogP contribution < -0.4 is 10.6 Å². The lowest BCUT2D eigenvalue weighted by molar-refractivity contribution is 0.0424. The molecule has 0 aromatic heterocycles. The van der Waals surface area contributed by atoms with Gasteiger partial charge < -0.3 is 9.47 Å². The standard InChI is InChI=1S/C17H26N2O4/c1-16(2,3)22-14(20)18-13(12-10-8-7-9-11-12)19-15(21)23-17(4,5)6/h7-11,13H,1-6H3,(H,18,20)(H,19,21). The smallest absolute Gasteiger partial charge is 0.409 e. The lowest BCUT2D eigenvalue weighted by Crippen LogP contribution is -2.44. The summed E-state index contributed by atoms with van der Waals surface area (Å²) >= 11 is 0. The Morgan fingerprint density at radius 1 is 0.826 bits per heavy atom. The first-order valence-corrected chi connectivity index (χ1v) is 7.50. The summed E-state index contributed by atoms with van der Waals surface area (Å²) in [5, 5.41) is 5.27. The molecule has 1 rings (SSSR count). The molecule has 0 fully saturated rings. The van der Waals surface area contributed by atoms with Crippen LogP contribution in [-0.2, 0) is 9.47 Å². The molecule has 0 aliphatic carbocycles. The van der Waals surface area contributed by atoms with Gasteiger partial charge in [0.25, 0.3) is 0 Å². The fraction of sp³-hybridized carbons (Fsp3) is 0.529. The van der Waals surface area contributed by atoms with Crippen LogP contribution in [0.5, 0.6) is 0 Å². The highest BCUT2D eigenvalue weighted by Crippen LogP contribution is 2.14. The molecule has 0 aliphatic heterocycles. The normalized spacial score (nSPS) is 11.8. The van der Waals surface area contributed by atoms with Crippen molar-refractivity contribution in [3.8, 4) is 0 Å². The van der Waals surface area contributed by atoms with Gasteiger partial charge in [0.2, 0.25) is 0 Å². The number of alkyl carbamates (subject to hydrolysis) is 2. The van der Waals surface area contributed by atoms with Gasteiger partial charge in [0.1, 0.15) is 17.4 Å². The number of nitrogens with one attached hydrogen (secondary N) is 2. The number of ether oxygens (including phenoxy) is 2. The predicted octanol–water partition coefficient (Wildman–Crippen LogP) is 3.73. The van der Waals surface area contributed by atoms with Crippen LogP contribution in [0.15, 0.2) is 30.3 Å². The van der Waals surface area contributed by atoms with Gasteiger partial charge >= 0.3 is 12.2 Å². The summed E-state index contributed by atoms with van der Waals surface area (Å²) in [6.07, 6.45) is -1.99. The van der Waals surface area contributed by atoms with Crippen molar-refractivity contribution < 1.29 is 19.1 Å². The Balaban J connectivity index is 2.83. The van der Waals surface area contributed by atoms with Crippen molar-refractivity contribution in [2.45, 2.75) is 58.9 Å². The second-order valence-corrected chi connectivity index (χ2v) is 7.14. The predicted molar refractivity (Wildman–Crippen MR) is 87.9 cm³/mol. The fourth-order valence-electron chi connectivity index (χ4n) is 1.70. The highest BCUT2D eigenvalue weighted by molar-refractivity contribution is 5.72. The Hall–Kier alpha value is -2.24. The number of rotatable bonds is 3. The molecule has 0 saturated carbocycles. The molecule has 2 amide bonds. The summed E-state index contributed by atoms with van der Waals surface area (Å²) in [4.78, 5) is 24.0. The maximum Gasteiger partial charge on any atom is 0.409 e. The highest BCUT2D eigenvalue weighted by atomic mass is 16.6. The summed E-state index contributed by atoms with van der Waals surface area (Å²) in [7, 11) is 0. The van der Waals surface area contributed by atoms with Gasteiger partial charge in [-0.05, 0) is 47.1 Å². The van der Waals surface area contributed by atoms with Crippen LogP contribution in [-0.4, -0.2) is 23.4 Å². The summed E-state index contributed by atoms with van der Waals surface area (Å²) in [5.74, 6) is 0. The Morgan fingerprint density at radius 3 is 1.57 bits per heavy atom. The molecule has 0 atom stereocenters. The number of carbonyl (C=O) groups excluding carboxylic acids is 2. The zero-order valence-corrected chi connectivity index (χ0v) is 14.6. The van der Waals surface area contributed by atoms with E-state index in [2.05, 4.69) is 10.6 Å². The quantitative estimate of drug-likeness (QED) is 0.831. The van der Waals surface area contributed by atoms with E-state index < -0.39 is 29.6 Å². The molecule has 6 nitrogen and oxygen atoms in total. The molecule has 0 aliphatic rings. The molecule has 6 heteroatoms. The van der Waals surface area contributed by atoms with Crippen molar-refractivity contribution in [3.63, 3.8) is 0 Å². The van der Waals surface area contributed by atoms with Gasteiger partial charge in [-0.1, -0.05) is 30.3 Å². The molecule has 0 saturated heterocycles. The first-order valence-electron chi connectivity index (χ1n) is 7.50. The third-order valence-corrected chi connectivity index (χ3v) is 2.46. The molecule has 0 unspecified atom stereocenters. The minimum atomic E-state index is -0.749. The molecule has 0 bridgehead atoms. The van der Waals surface area contributed by atoms with E-state index in [4.69, 9.17) is 9.47 Å². The van der Waals surface area contributed by atoms with Crippen molar-refractivity contribution >= 4 is 12.2 Å². The number of hydrogen-bond acceptors (Lipinski definition) is 4. The van der Waals surface area contributed by atoms with Crippen molar-refractivity contribution in [1.82, 2.24) is 10.6 Å². The van der Waals surface area contributed by atoms with Crippen molar-refractivity contribution in [2.24, 2.45) is 0 Å². The number of carbonyl (C=O) groups is 2. The van der Waals surface area contributed by atoms with Crippen LogP contribution >= 0.6 is 0 Å². The fourth-order valence-corrected chi connectivity index (χ4v) is 1.70. The maximum atomic E-state index is 12.0. The van der Waals surface area contributed by atoms with Crippen LogP contribution in [0.1, 0.15) is 53.3 Å². The monoisotopic (exact) mass is 322 g/mol. The van der Waals surface area contributed by atoms with Crippen LogP contribution in [0, 0.1) is 0 Å². The molecule has 1 aromatic rings. The Labute approximate surface area is 137 Å². The largest absolute Gasteiger partial charge is 0.444 e. The Kier molecular flexibility index (Phi) is 6.01. The van der Waals surface area contributed by atoms with E-state index in [0.29, 0.717) is 5.56 Å². The van der Waals surface area contributed by atoms with E-state index in [0.717, 1.165) is 0 Å². The molecule has 2 N–H and O–H groups in total. The molecule has 23 heavy (non-hydrogen) atoms. The third kappa shape index (κ3) is 8.09. The Morgan fingerprint density at radius 2 is 1.22 bits per heavy atom. The van der Waals surface area contributed by atoms with E-state index in [1.165, 1.54) is 0 Å². The minimum Gasteiger partial charge on any atom is -0.444 e. The van der Waals surface area contributed by atoms with Crippen molar-refractivity contribution in [2.75, 3.05) is 0 Å². The Bertz CT molecular complexity index is 500. The lowest BCUT2D eigenvalue weighted by Gasteiger charge is -2.26. The van der Waals surface area contributed by atoms with E-state index in [1.807, 2.05) is 18.2 Å². The average molecular weight is 322 g/mol. The molecular weight excluding hydrogens is 296 g/mol. The molecule has 1 aromatic carbocycles. The van der Waals surface area contributed by atoms with E-state index in [1.54, 1.807) is 53.7 Å². The first kappa shape index (κ1) is 18.8. The van der Waals surface area contributed by atoms with Gasteiger partial charge in [-0.25, -0.2) is 9.59 Å².